The van der Waals surface area contributed by atoms with Crippen molar-refractivity contribution in [3.05, 3.63) is 65.5 Å². The van der Waals surface area contributed by atoms with Crippen molar-refractivity contribution in [3.63, 3.8) is 0 Å². The lowest BCUT2D eigenvalue weighted by molar-refractivity contribution is 0.474. The molecule has 2 rings (SSSR count). The van der Waals surface area contributed by atoms with Gasteiger partial charge in [0, 0.05) is 11.3 Å². The maximum atomic E-state index is 12.7. The topological polar surface area (TPSA) is 32.6 Å². The maximum absolute atomic E-state index is 12.7. The van der Waals surface area contributed by atoms with E-state index in [9.17, 15) is 9.50 Å². The Kier molecular flexibility index (Phi) is 3.72. The Morgan fingerprint density at radius 1 is 1.11 bits per heavy atom. The number of rotatable bonds is 3. The van der Waals surface area contributed by atoms with Crippen LogP contribution in [0.2, 0.25) is 0 Å². The molecule has 0 amide bonds. The molecule has 0 aromatic heterocycles. The van der Waals surface area contributed by atoms with Gasteiger partial charge in [-0.15, -0.1) is 0 Å². The van der Waals surface area contributed by atoms with Crippen LogP contribution in [0.15, 0.2) is 53.5 Å². The molecule has 2 nitrogen and oxygen atoms in total. The summed E-state index contributed by atoms with van der Waals surface area (Å²) in [7, 11) is 0. The van der Waals surface area contributed by atoms with Crippen molar-refractivity contribution in [2.45, 2.75) is 13.5 Å². The Balaban J connectivity index is 2.14. The van der Waals surface area contributed by atoms with Crippen molar-refractivity contribution in [2.24, 2.45) is 4.99 Å². The number of benzene rings is 2. The molecule has 0 aliphatic carbocycles. The summed E-state index contributed by atoms with van der Waals surface area (Å²) in [5, 5.41) is 9.68. The van der Waals surface area contributed by atoms with Crippen LogP contribution in [-0.4, -0.2) is 10.8 Å². The minimum atomic E-state index is -0.250. The summed E-state index contributed by atoms with van der Waals surface area (Å²) < 4.78 is 12.7. The fraction of sp³-hybridized carbons (Fsp3) is 0.133. The highest BCUT2D eigenvalue weighted by molar-refractivity contribution is 6.00. The summed E-state index contributed by atoms with van der Waals surface area (Å²) in [6, 6.07) is 13.3. The van der Waals surface area contributed by atoms with Gasteiger partial charge in [-0.2, -0.15) is 0 Å². The number of phenols is 1. The average molecular weight is 243 g/mol. The second-order valence-electron chi connectivity index (χ2n) is 4.05. The number of hydrogen-bond donors (Lipinski definition) is 1. The summed E-state index contributed by atoms with van der Waals surface area (Å²) in [5.74, 6) is -0.0296. The third kappa shape index (κ3) is 2.94. The van der Waals surface area contributed by atoms with Crippen LogP contribution in [0.5, 0.6) is 5.75 Å². The van der Waals surface area contributed by atoms with E-state index in [1.165, 1.54) is 12.1 Å². The molecule has 2 aromatic rings. The summed E-state index contributed by atoms with van der Waals surface area (Å²) in [5.41, 5.74) is 2.42. The van der Waals surface area contributed by atoms with E-state index in [1.807, 2.05) is 19.1 Å². The molecule has 0 saturated heterocycles. The SMILES string of the molecule is CC(=NCc1ccc(F)cc1)c1ccccc1O. The van der Waals surface area contributed by atoms with E-state index < -0.39 is 0 Å². The van der Waals surface area contributed by atoms with E-state index in [-0.39, 0.29) is 11.6 Å². The molecule has 0 bridgehead atoms. The number of nitrogens with zero attached hydrogens (tertiary/aromatic N) is 1. The van der Waals surface area contributed by atoms with Crippen LogP contribution in [0.3, 0.4) is 0 Å². The molecule has 0 atom stereocenters. The van der Waals surface area contributed by atoms with Crippen molar-refractivity contribution < 1.29 is 9.50 Å². The Morgan fingerprint density at radius 2 is 1.78 bits per heavy atom. The Morgan fingerprint density at radius 3 is 2.44 bits per heavy atom. The zero-order valence-corrected chi connectivity index (χ0v) is 10.1. The molecule has 18 heavy (non-hydrogen) atoms. The zero-order chi connectivity index (χ0) is 13.0. The molecule has 1 N–H and O–H groups in total. The first kappa shape index (κ1) is 12.3. The third-order valence-electron chi connectivity index (χ3n) is 2.71. The van der Waals surface area contributed by atoms with Crippen LogP contribution in [0.1, 0.15) is 18.1 Å². The second-order valence-corrected chi connectivity index (χ2v) is 4.05. The lowest BCUT2D eigenvalue weighted by Gasteiger charge is -2.04. The number of aliphatic imine (C=N–C) groups is 1. The highest BCUT2D eigenvalue weighted by Crippen LogP contribution is 2.17. The minimum Gasteiger partial charge on any atom is -0.507 e. The Labute approximate surface area is 105 Å². The summed E-state index contributed by atoms with van der Waals surface area (Å²) in [6.45, 7) is 2.32. The first-order valence-corrected chi connectivity index (χ1v) is 5.70. The van der Waals surface area contributed by atoms with Gasteiger partial charge in [-0.05, 0) is 36.8 Å². The minimum absolute atomic E-state index is 0.220. The highest BCUT2D eigenvalue weighted by Gasteiger charge is 2.02. The van der Waals surface area contributed by atoms with Crippen molar-refractivity contribution in [1.29, 1.82) is 0 Å². The van der Waals surface area contributed by atoms with Gasteiger partial charge in [-0.25, -0.2) is 4.39 Å². The van der Waals surface area contributed by atoms with Gasteiger partial charge >= 0.3 is 0 Å². The van der Waals surface area contributed by atoms with Crippen molar-refractivity contribution >= 4 is 5.71 Å². The standard InChI is InChI=1S/C15H14FNO/c1-11(14-4-2-3-5-15(14)18)17-10-12-6-8-13(16)9-7-12/h2-9,18H,10H2,1H3. The predicted octanol–water partition coefficient (Wildman–Crippen LogP) is 3.54. The van der Waals surface area contributed by atoms with Crippen LogP contribution in [0.25, 0.3) is 0 Å². The van der Waals surface area contributed by atoms with Crippen LogP contribution < -0.4 is 0 Å². The Hall–Kier alpha value is -2.16. The molecule has 0 radical (unpaired) electrons. The van der Waals surface area contributed by atoms with Gasteiger partial charge in [0.2, 0.25) is 0 Å². The predicted molar refractivity (Wildman–Crippen MR) is 70.4 cm³/mol. The number of aromatic hydroxyl groups is 1. The van der Waals surface area contributed by atoms with E-state index in [0.29, 0.717) is 6.54 Å². The van der Waals surface area contributed by atoms with Gasteiger partial charge < -0.3 is 5.11 Å². The first-order valence-electron chi connectivity index (χ1n) is 5.70. The highest BCUT2D eigenvalue weighted by atomic mass is 19.1. The molecule has 0 aliphatic rings. The van der Waals surface area contributed by atoms with E-state index in [1.54, 1.807) is 24.3 Å². The van der Waals surface area contributed by atoms with Crippen LogP contribution >= 0.6 is 0 Å². The van der Waals surface area contributed by atoms with E-state index in [0.717, 1.165) is 16.8 Å². The molecule has 0 heterocycles. The van der Waals surface area contributed by atoms with Gasteiger partial charge in [0.15, 0.2) is 0 Å². The molecular formula is C15H14FNO. The lowest BCUT2D eigenvalue weighted by Crippen LogP contribution is -1.96. The van der Waals surface area contributed by atoms with Gasteiger partial charge in [-0.3, -0.25) is 4.99 Å². The molecule has 0 spiro atoms. The van der Waals surface area contributed by atoms with Crippen molar-refractivity contribution in [2.75, 3.05) is 0 Å². The molecule has 2 aromatic carbocycles. The Bertz CT molecular complexity index is 561. The van der Waals surface area contributed by atoms with Crippen molar-refractivity contribution in [1.82, 2.24) is 0 Å². The molecule has 0 saturated carbocycles. The fourth-order valence-corrected chi connectivity index (χ4v) is 1.66. The molecule has 92 valence electrons. The zero-order valence-electron chi connectivity index (χ0n) is 10.1. The number of hydrogen-bond acceptors (Lipinski definition) is 2. The van der Waals surface area contributed by atoms with Crippen LogP contribution in [0, 0.1) is 5.82 Å². The summed E-state index contributed by atoms with van der Waals surface area (Å²) in [4.78, 5) is 4.39. The summed E-state index contributed by atoms with van der Waals surface area (Å²) >= 11 is 0. The van der Waals surface area contributed by atoms with Crippen molar-refractivity contribution in [3.8, 4) is 5.75 Å². The lowest BCUT2D eigenvalue weighted by atomic mass is 10.1. The maximum Gasteiger partial charge on any atom is 0.124 e. The molecule has 0 fully saturated rings. The van der Waals surface area contributed by atoms with E-state index in [2.05, 4.69) is 4.99 Å². The normalized spacial score (nSPS) is 11.6. The number of halogens is 1. The smallest absolute Gasteiger partial charge is 0.124 e. The molecule has 3 heteroatoms. The second kappa shape index (κ2) is 5.45. The monoisotopic (exact) mass is 243 g/mol. The van der Waals surface area contributed by atoms with Gasteiger partial charge in [-0.1, -0.05) is 24.3 Å². The third-order valence-corrected chi connectivity index (χ3v) is 2.71. The van der Waals surface area contributed by atoms with Gasteiger partial charge in [0.1, 0.15) is 11.6 Å². The average Bonchev–Trinajstić information content (AvgIpc) is 2.38. The summed E-state index contributed by atoms with van der Waals surface area (Å²) in [6.07, 6.45) is 0. The number of phenolic OH excluding ortho intramolecular Hbond substituents is 1. The largest absolute Gasteiger partial charge is 0.507 e. The molecular weight excluding hydrogens is 229 g/mol. The van der Waals surface area contributed by atoms with E-state index in [4.69, 9.17) is 0 Å². The van der Waals surface area contributed by atoms with Gasteiger partial charge in [0.25, 0.3) is 0 Å². The molecule has 0 unspecified atom stereocenters. The molecule has 0 aliphatic heterocycles. The quantitative estimate of drug-likeness (QED) is 0.822. The first-order chi connectivity index (χ1) is 8.66. The van der Waals surface area contributed by atoms with Crippen LogP contribution in [-0.2, 0) is 6.54 Å². The van der Waals surface area contributed by atoms with Crippen LogP contribution in [0.4, 0.5) is 4.39 Å². The fourth-order valence-electron chi connectivity index (χ4n) is 1.66. The van der Waals surface area contributed by atoms with Gasteiger partial charge in [0.05, 0.1) is 6.54 Å². The number of para-hydroxylation sites is 1. The van der Waals surface area contributed by atoms with E-state index >= 15 is 0 Å².